The summed E-state index contributed by atoms with van der Waals surface area (Å²) in [6.45, 7) is 14.0. The Labute approximate surface area is 191 Å². The maximum atomic E-state index is 12.3. The Morgan fingerprint density at radius 1 is 1.00 bits per heavy atom. The Balaban J connectivity index is 1.82. The largest absolute Gasteiger partial charge is 0.447 e. The second kappa shape index (κ2) is 10.1. The maximum absolute atomic E-state index is 12.3. The highest BCUT2D eigenvalue weighted by atomic mass is 16.3. The van der Waals surface area contributed by atoms with E-state index in [2.05, 4.69) is 91.4 Å². The number of benzene rings is 2. The quantitative estimate of drug-likeness (QED) is 0.482. The molecule has 1 amide bonds. The summed E-state index contributed by atoms with van der Waals surface area (Å²) < 4.78 is 5.67. The van der Waals surface area contributed by atoms with Crippen LogP contribution in [0.3, 0.4) is 0 Å². The number of hydrogen-bond acceptors (Lipinski definition) is 4. The van der Waals surface area contributed by atoms with Crippen molar-refractivity contribution in [1.29, 1.82) is 0 Å². The van der Waals surface area contributed by atoms with E-state index in [1.807, 2.05) is 19.9 Å². The fourth-order valence-electron chi connectivity index (χ4n) is 3.61. The average molecular weight is 434 g/mol. The minimum Gasteiger partial charge on any atom is -0.447 e. The lowest BCUT2D eigenvalue weighted by Gasteiger charge is -2.29. The molecule has 32 heavy (non-hydrogen) atoms. The van der Waals surface area contributed by atoms with Gasteiger partial charge in [-0.15, -0.1) is 0 Å². The molecule has 0 radical (unpaired) electrons. The number of rotatable bonds is 8. The molecule has 170 valence electrons. The minimum absolute atomic E-state index is 0.0494. The predicted molar refractivity (Wildman–Crippen MR) is 128 cm³/mol. The van der Waals surface area contributed by atoms with Gasteiger partial charge in [0, 0.05) is 18.6 Å². The molecule has 0 aliphatic rings. The Kier molecular flexibility index (Phi) is 7.52. The van der Waals surface area contributed by atoms with E-state index in [9.17, 15) is 4.79 Å². The van der Waals surface area contributed by atoms with Gasteiger partial charge in [-0.25, -0.2) is 4.98 Å². The molecule has 5 heteroatoms. The highest BCUT2D eigenvalue weighted by Gasteiger charge is 2.21. The molecule has 0 spiro atoms. The van der Waals surface area contributed by atoms with Crippen molar-refractivity contribution >= 4 is 5.91 Å². The first-order valence-corrected chi connectivity index (χ1v) is 11.3. The molecular formula is C27H35N3O2. The molecule has 1 N–H and O–H groups in total. The Bertz CT molecular complexity index is 1000. The normalized spacial score (nSPS) is 12.9. The first kappa shape index (κ1) is 23.7. The van der Waals surface area contributed by atoms with E-state index >= 15 is 0 Å². The van der Waals surface area contributed by atoms with Crippen LogP contribution >= 0.6 is 0 Å². The van der Waals surface area contributed by atoms with Gasteiger partial charge in [0.1, 0.15) is 6.26 Å². The monoisotopic (exact) mass is 433 g/mol. The van der Waals surface area contributed by atoms with E-state index in [1.165, 1.54) is 23.0 Å². The molecule has 2 aromatic carbocycles. The van der Waals surface area contributed by atoms with Gasteiger partial charge in [-0.3, -0.25) is 9.69 Å². The molecule has 5 nitrogen and oxygen atoms in total. The Hall–Kier alpha value is -2.92. The second-order valence-corrected chi connectivity index (χ2v) is 9.69. The van der Waals surface area contributed by atoms with Crippen LogP contribution in [0.4, 0.5) is 0 Å². The van der Waals surface area contributed by atoms with Crippen molar-refractivity contribution in [2.24, 2.45) is 0 Å². The van der Waals surface area contributed by atoms with Gasteiger partial charge in [0.15, 0.2) is 5.69 Å². The number of carbonyl (C=O) groups is 1. The van der Waals surface area contributed by atoms with Crippen LogP contribution in [-0.2, 0) is 18.5 Å². The third-order valence-electron chi connectivity index (χ3n) is 5.58. The summed E-state index contributed by atoms with van der Waals surface area (Å²) in [5, 5.41) is 2.86. The van der Waals surface area contributed by atoms with Gasteiger partial charge >= 0.3 is 0 Å². The fraction of sp³-hybridized carbons (Fsp3) is 0.407. The van der Waals surface area contributed by atoms with Crippen LogP contribution < -0.4 is 5.32 Å². The first-order chi connectivity index (χ1) is 15.1. The topological polar surface area (TPSA) is 58.4 Å². The fourth-order valence-corrected chi connectivity index (χ4v) is 3.61. The van der Waals surface area contributed by atoms with Gasteiger partial charge in [-0.1, -0.05) is 75.4 Å². The number of nitrogens with one attached hydrogen (secondary N) is 1. The SMILES string of the molecule is CC(C)NC(=O)c1coc(CN(Cc2ccc(C(C)(C)C)cc2)C(C)c2ccccc2)n1. The molecule has 0 saturated carbocycles. The van der Waals surface area contributed by atoms with Crippen LogP contribution in [0.5, 0.6) is 0 Å². The Morgan fingerprint density at radius 2 is 1.66 bits per heavy atom. The summed E-state index contributed by atoms with van der Waals surface area (Å²) in [4.78, 5) is 19.0. The van der Waals surface area contributed by atoms with Crippen molar-refractivity contribution in [3.63, 3.8) is 0 Å². The molecular weight excluding hydrogens is 398 g/mol. The van der Waals surface area contributed by atoms with Gasteiger partial charge in [-0.05, 0) is 42.9 Å². The first-order valence-electron chi connectivity index (χ1n) is 11.3. The molecule has 3 rings (SSSR count). The third kappa shape index (κ3) is 6.30. The van der Waals surface area contributed by atoms with Crippen molar-refractivity contribution in [3.8, 4) is 0 Å². The van der Waals surface area contributed by atoms with Crippen LogP contribution in [0.1, 0.15) is 80.7 Å². The summed E-state index contributed by atoms with van der Waals surface area (Å²) >= 11 is 0. The summed E-state index contributed by atoms with van der Waals surface area (Å²) in [5.74, 6) is 0.323. The predicted octanol–water partition coefficient (Wildman–Crippen LogP) is 5.87. The number of oxazole rings is 1. The lowest BCUT2D eigenvalue weighted by atomic mass is 9.86. The zero-order valence-electron chi connectivity index (χ0n) is 20.1. The molecule has 1 atom stereocenters. The summed E-state index contributed by atoms with van der Waals surface area (Å²) in [7, 11) is 0. The Morgan fingerprint density at radius 3 is 2.25 bits per heavy atom. The molecule has 0 aliphatic heterocycles. The van der Waals surface area contributed by atoms with Crippen molar-refractivity contribution in [1.82, 2.24) is 15.2 Å². The lowest BCUT2D eigenvalue weighted by molar-refractivity contribution is 0.0938. The van der Waals surface area contributed by atoms with Crippen LogP contribution in [0, 0.1) is 0 Å². The van der Waals surface area contributed by atoms with Crippen LogP contribution in [0.15, 0.2) is 65.3 Å². The van der Waals surface area contributed by atoms with Crippen molar-refractivity contribution in [3.05, 3.63) is 89.1 Å². The van der Waals surface area contributed by atoms with E-state index in [0.29, 0.717) is 18.1 Å². The van der Waals surface area contributed by atoms with Crippen LogP contribution in [0.25, 0.3) is 0 Å². The van der Waals surface area contributed by atoms with E-state index in [4.69, 9.17) is 4.42 Å². The highest BCUT2D eigenvalue weighted by Crippen LogP contribution is 2.26. The van der Waals surface area contributed by atoms with Crippen LogP contribution in [-0.4, -0.2) is 21.8 Å². The van der Waals surface area contributed by atoms with Gasteiger partial charge in [-0.2, -0.15) is 0 Å². The third-order valence-corrected chi connectivity index (χ3v) is 5.58. The van der Waals surface area contributed by atoms with Crippen molar-refractivity contribution in [2.45, 2.75) is 72.1 Å². The maximum Gasteiger partial charge on any atom is 0.273 e. The van der Waals surface area contributed by atoms with Gasteiger partial charge in [0.2, 0.25) is 5.89 Å². The molecule has 1 heterocycles. The number of carbonyl (C=O) groups excluding carboxylic acids is 1. The highest BCUT2D eigenvalue weighted by molar-refractivity contribution is 5.92. The molecule has 0 aliphatic carbocycles. The minimum atomic E-state index is -0.213. The zero-order chi connectivity index (χ0) is 23.3. The number of aromatic nitrogens is 1. The van der Waals surface area contributed by atoms with E-state index < -0.39 is 0 Å². The lowest BCUT2D eigenvalue weighted by Crippen LogP contribution is -2.30. The van der Waals surface area contributed by atoms with Crippen molar-refractivity contribution < 1.29 is 9.21 Å². The summed E-state index contributed by atoms with van der Waals surface area (Å²) in [5.41, 5.74) is 4.21. The van der Waals surface area contributed by atoms with E-state index in [-0.39, 0.29) is 23.4 Å². The van der Waals surface area contributed by atoms with E-state index in [1.54, 1.807) is 0 Å². The van der Waals surface area contributed by atoms with Crippen LogP contribution in [0.2, 0.25) is 0 Å². The van der Waals surface area contributed by atoms with Gasteiger partial charge < -0.3 is 9.73 Å². The van der Waals surface area contributed by atoms with Crippen molar-refractivity contribution in [2.75, 3.05) is 0 Å². The second-order valence-electron chi connectivity index (χ2n) is 9.69. The standard InChI is InChI=1S/C27H35N3O2/c1-19(2)28-26(31)24-18-32-25(29-24)17-30(20(3)22-10-8-7-9-11-22)16-21-12-14-23(15-13-21)27(4,5)6/h7-15,18-20H,16-17H2,1-6H3,(H,28,31). The average Bonchev–Trinajstić information content (AvgIpc) is 3.21. The smallest absolute Gasteiger partial charge is 0.273 e. The zero-order valence-corrected chi connectivity index (χ0v) is 20.1. The molecule has 0 saturated heterocycles. The molecule has 1 aromatic heterocycles. The summed E-state index contributed by atoms with van der Waals surface area (Å²) in [6.07, 6.45) is 1.44. The summed E-state index contributed by atoms with van der Waals surface area (Å²) in [6, 6.07) is 19.4. The number of hydrogen-bond donors (Lipinski definition) is 1. The number of nitrogens with zero attached hydrogens (tertiary/aromatic N) is 2. The van der Waals surface area contributed by atoms with E-state index in [0.717, 1.165) is 6.54 Å². The van der Waals surface area contributed by atoms with Gasteiger partial charge in [0.25, 0.3) is 5.91 Å². The number of amides is 1. The molecule has 0 bridgehead atoms. The van der Waals surface area contributed by atoms with Gasteiger partial charge in [0.05, 0.1) is 6.54 Å². The molecule has 1 unspecified atom stereocenters. The molecule has 0 fully saturated rings. The molecule has 3 aromatic rings.